The standard InChI is InChI=1S/C17H16Cl2N2O2S/c1-11(12-6-2-4-8-14(12)18)24-10-16(22)20-21-17(23)13-7-3-5-9-15(13)19/h2-9,11H,10H2,1H3,(H,20,22)(H,21,23). The van der Waals surface area contributed by atoms with Gasteiger partial charge in [0, 0.05) is 10.3 Å². The number of halogens is 2. The van der Waals surface area contributed by atoms with Crippen LogP contribution >= 0.6 is 35.0 Å². The highest BCUT2D eigenvalue weighted by atomic mass is 35.5. The molecule has 24 heavy (non-hydrogen) atoms. The number of carbonyl (C=O) groups is 2. The number of thioether (sulfide) groups is 1. The average Bonchev–Trinajstić information content (AvgIpc) is 2.58. The maximum absolute atomic E-state index is 11.9. The van der Waals surface area contributed by atoms with Gasteiger partial charge in [-0.1, -0.05) is 53.5 Å². The second-order valence-electron chi connectivity index (χ2n) is 4.96. The van der Waals surface area contributed by atoms with Gasteiger partial charge in [0.2, 0.25) is 5.91 Å². The fourth-order valence-corrected chi connectivity index (χ4v) is 3.41. The molecule has 0 radical (unpaired) electrons. The summed E-state index contributed by atoms with van der Waals surface area (Å²) in [5, 5.41) is 1.06. The van der Waals surface area contributed by atoms with E-state index in [0.717, 1.165) is 5.56 Å². The van der Waals surface area contributed by atoms with Crippen LogP contribution in [0.2, 0.25) is 10.0 Å². The molecular weight excluding hydrogens is 367 g/mol. The Morgan fingerprint density at radius 1 is 1.00 bits per heavy atom. The van der Waals surface area contributed by atoms with E-state index in [1.54, 1.807) is 24.3 Å². The van der Waals surface area contributed by atoms with E-state index >= 15 is 0 Å². The van der Waals surface area contributed by atoms with Gasteiger partial charge in [0.1, 0.15) is 0 Å². The van der Waals surface area contributed by atoms with Crippen molar-refractivity contribution in [3.05, 3.63) is 69.7 Å². The maximum atomic E-state index is 11.9. The molecule has 7 heteroatoms. The van der Waals surface area contributed by atoms with E-state index in [2.05, 4.69) is 10.9 Å². The first-order valence-corrected chi connectivity index (χ1v) is 8.99. The fourth-order valence-electron chi connectivity index (χ4n) is 1.97. The van der Waals surface area contributed by atoms with Crippen LogP contribution in [0.25, 0.3) is 0 Å². The van der Waals surface area contributed by atoms with Crippen molar-refractivity contribution in [2.45, 2.75) is 12.2 Å². The molecule has 1 unspecified atom stereocenters. The Bertz CT molecular complexity index is 740. The fraction of sp³-hybridized carbons (Fsp3) is 0.176. The molecule has 2 N–H and O–H groups in total. The molecule has 126 valence electrons. The monoisotopic (exact) mass is 382 g/mol. The topological polar surface area (TPSA) is 58.2 Å². The zero-order valence-corrected chi connectivity index (χ0v) is 15.2. The third kappa shape index (κ3) is 5.16. The highest BCUT2D eigenvalue weighted by Crippen LogP contribution is 2.32. The van der Waals surface area contributed by atoms with Crippen LogP contribution in [0.3, 0.4) is 0 Å². The van der Waals surface area contributed by atoms with Gasteiger partial charge in [-0.05, 0) is 30.7 Å². The Kier molecular flexibility index (Phi) is 6.97. The van der Waals surface area contributed by atoms with Gasteiger partial charge in [-0.2, -0.15) is 0 Å². The second kappa shape index (κ2) is 8.97. The zero-order chi connectivity index (χ0) is 17.5. The molecular formula is C17H16Cl2N2O2S. The van der Waals surface area contributed by atoms with Gasteiger partial charge < -0.3 is 0 Å². The number of hydrazine groups is 1. The van der Waals surface area contributed by atoms with E-state index in [0.29, 0.717) is 15.6 Å². The zero-order valence-electron chi connectivity index (χ0n) is 12.9. The molecule has 2 amide bonds. The van der Waals surface area contributed by atoms with Crippen LogP contribution in [0.1, 0.15) is 28.1 Å². The minimum atomic E-state index is -0.460. The van der Waals surface area contributed by atoms with Gasteiger partial charge in [-0.25, -0.2) is 0 Å². The normalized spacial score (nSPS) is 11.6. The SMILES string of the molecule is CC(SCC(=O)NNC(=O)c1ccccc1Cl)c1ccccc1Cl. The van der Waals surface area contributed by atoms with Crippen LogP contribution < -0.4 is 10.9 Å². The Balaban J connectivity index is 1.81. The summed E-state index contributed by atoms with van der Waals surface area (Å²) in [4.78, 5) is 23.8. The molecule has 4 nitrogen and oxygen atoms in total. The van der Waals surface area contributed by atoms with Gasteiger partial charge in [-0.15, -0.1) is 11.8 Å². The first-order chi connectivity index (χ1) is 11.5. The number of hydrogen-bond donors (Lipinski definition) is 2. The van der Waals surface area contributed by atoms with Gasteiger partial charge in [0.25, 0.3) is 5.91 Å². The molecule has 0 fully saturated rings. The molecule has 0 aliphatic carbocycles. The molecule has 1 atom stereocenters. The predicted octanol–water partition coefficient (Wildman–Crippen LogP) is 4.25. The number of hydrogen-bond acceptors (Lipinski definition) is 3. The molecule has 0 saturated carbocycles. The first-order valence-electron chi connectivity index (χ1n) is 7.18. The van der Waals surface area contributed by atoms with Crippen LogP contribution in [-0.2, 0) is 4.79 Å². The van der Waals surface area contributed by atoms with Crippen molar-refractivity contribution in [2.75, 3.05) is 5.75 Å². The molecule has 0 spiro atoms. The lowest BCUT2D eigenvalue weighted by Gasteiger charge is -2.13. The van der Waals surface area contributed by atoms with E-state index in [-0.39, 0.29) is 16.9 Å². The van der Waals surface area contributed by atoms with E-state index in [9.17, 15) is 9.59 Å². The summed E-state index contributed by atoms with van der Waals surface area (Å²) in [6.45, 7) is 1.97. The van der Waals surface area contributed by atoms with Crippen LogP contribution in [0, 0.1) is 0 Å². The molecule has 0 saturated heterocycles. The summed E-state index contributed by atoms with van der Waals surface area (Å²) >= 11 is 13.5. The molecule has 2 aromatic carbocycles. The smallest absolute Gasteiger partial charge is 0.271 e. The van der Waals surface area contributed by atoms with E-state index in [1.807, 2.05) is 31.2 Å². The lowest BCUT2D eigenvalue weighted by molar-refractivity contribution is -0.119. The summed E-state index contributed by atoms with van der Waals surface area (Å²) < 4.78 is 0. The Labute approximate surface area is 154 Å². The van der Waals surface area contributed by atoms with Crippen LogP contribution in [0.4, 0.5) is 0 Å². The predicted molar refractivity (Wildman–Crippen MR) is 99.4 cm³/mol. The summed E-state index contributed by atoms with van der Waals surface area (Å²) in [6.07, 6.45) is 0. The number of amides is 2. The minimum Gasteiger partial charge on any atom is -0.272 e. The highest BCUT2D eigenvalue weighted by molar-refractivity contribution is 8.00. The van der Waals surface area contributed by atoms with Gasteiger partial charge in [0.15, 0.2) is 0 Å². The number of nitrogens with one attached hydrogen (secondary N) is 2. The van der Waals surface area contributed by atoms with Crippen LogP contribution in [-0.4, -0.2) is 17.6 Å². The van der Waals surface area contributed by atoms with E-state index in [4.69, 9.17) is 23.2 Å². The number of rotatable bonds is 5. The third-order valence-corrected chi connectivity index (χ3v) is 5.10. The van der Waals surface area contributed by atoms with Crippen molar-refractivity contribution in [2.24, 2.45) is 0 Å². The van der Waals surface area contributed by atoms with Crippen molar-refractivity contribution >= 4 is 46.8 Å². The van der Waals surface area contributed by atoms with Crippen molar-refractivity contribution in [1.82, 2.24) is 10.9 Å². The largest absolute Gasteiger partial charge is 0.272 e. The average molecular weight is 383 g/mol. The molecule has 0 aliphatic rings. The van der Waals surface area contributed by atoms with Gasteiger partial charge in [0.05, 0.1) is 16.3 Å². The maximum Gasteiger partial charge on any atom is 0.271 e. The minimum absolute atomic E-state index is 0.0590. The molecule has 2 aromatic rings. The number of carbonyl (C=O) groups excluding carboxylic acids is 2. The third-order valence-electron chi connectivity index (χ3n) is 3.24. The highest BCUT2D eigenvalue weighted by Gasteiger charge is 2.13. The second-order valence-corrected chi connectivity index (χ2v) is 7.10. The quantitative estimate of drug-likeness (QED) is 0.759. The first kappa shape index (κ1) is 18.6. The molecule has 2 rings (SSSR count). The van der Waals surface area contributed by atoms with Gasteiger partial charge in [-0.3, -0.25) is 20.4 Å². The lowest BCUT2D eigenvalue weighted by atomic mass is 10.2. The Morgan fingerprint density at radius 3 is 2.29 bits per heavy atom. The van der Waals surface area contributed by atoms with Gasteiger partial charge >= 0.3 is 0 Å². The van der Waals surface area contributed by atoms with Crippen molar-refractivity contribution in [3.8, 4) is 0 Å². The number of benzene rings is 2. The summed E-state index contributed by atoms with van der Waals surface area (Å²) in [7, 11) is 0. The summed E-state index contributed by atoms with van der Waals surface area (Å²) in [6, 6.07) is 14.1. The van der Waals surface area contributed by atoms with Crippen LogP contribution in [0.5, 0.6) is 0 Å². The molecule has 0 aromatic heterocycles. The van der Waals surface area contributed by atoms with E-state index < -0.39 is 5.91 Å². The Hall–Kier alpha value is -1.69. The molecule has 0 bridgehead atoms. The van der Waals surface area contributed by atoms with E-state index in [1.165, 1.54) is 11.8 Å². The summed E-state index contributed by atoms with van der Waals surface area (Å²) in [5.41, 5.74) is 6.00. The van der Waals surface area contributed by atoms with Crippen molar-refractivity contribution in [1.29, 1.82) is 0 Å². The van der Waals surface area contributed by atoms with Crippen molar-refractivity contribution in [3.63, 3.8) is 0 Å². The Morgan fingerprint density at radius 2 is 1.62 bits per heavy atom. The molecule has 0 heterocycles. The van der Waals surface area contributed by atoms with Crippen LogP contribution in [0.15, 0.2) is 48.5 Å². The molecule has 0 aliphatic heterocycles. The lowest BCUT2D eigenvalue weighted by Crippen LogP contribution is -2.42. The summed E-state index contributed by atoms with van der Waals surface area (Å²) in [5.74, 6) is -0.577. The van der Waals surface area contributed by atoms with Crippen molar-refractivity contribution < 1.29 is 9.59 Å².